The standard InChI is InChI=1S/C22H21NO4/c1-3-26-22(25)20-15(2)23-19(21(20)24)13-17-10-7-11-18(12-17)27-14-16-8-5-4-6-9-16/h4-13,20H,3,14H2,1-2H3/b19-13+. The van der Waals surface area contributed by atoms with Crippen molar-refractivity contribution in [3.05, 3.63) is 71.4 Å². The van der Waals surface area contributed by atoms with Crippen LogP contribution in [0.4, 0.5) is 0 Å². The van der Waals surface area contributed by atoms with Gasteiger partial charge in [0.2, 0.25) is 5.78 Å². The Morgan fingerprint density at radius 3 is 2.67 bits per heavy atom. The van der Waals surface area contributed by atoms with Crippen LogP contribution in [0.15, 0.2) is 65.3 Å². The van der Waals surface area contributed by atoms with Crippen LogP contribution in [0, 0.1) is 5.92 Å². The van der Waals surface area contributed by atoms with Crippen LogP contribution >= 0.6 is 0 Å². The molecule has 1 aliphatic heterocycles. The molecule has 3 rings (SSSR count). The van der Waals surface area contributed by atoms with E-state index in [0.29, 0.717) is 18.1 Å². The molecule has 0 radical (unpaired) electrons. The van der Waals surface area contributed by atoms with Gasteiger partial charge in [0.15, 0.2) is 5.92 Å². The number of nitrogens with zero attached hydrogens (tertiary/aromatic N) is 1. The van der Waals surface area contributed by atoms with Gasteiger partial charge in [-0.1, -0.05) is 42.5 Å². The number of hydrogen-bond acceptors (Lipinski definition) is 5. The van der Waals surface area contributed by atoms with E-state index in [0.717, 1.165) is 11.1 Å². The maximum atomic E-state index is 12.5. The van der Waals surface area contributed by atoms with Gasteiger partial charge in [-0.05, 0) is 43.2 Å². The van der Waals surface area contributed by atoms with Crippen molar-refractivity contribution in [3.8, 4) is 5.75 Å². The monoisotopic (exact) mass is 363 g/mol. The second kappa shape index (κ2) is 8.45. The zero-order valence-electron chi connectivity index (χ0n) is 15.3. The number of carbonyl (C=O) groups is 2. The van der Waals surface area contributed by atoms with Crippen LogP contribution in [0.1, 0.15) is 25.0 Å². The molecular formula is C22H21NO4. The smallest absolute Gasteiger partial charge is 0.322 e. The molecule has 1 heterocycles. The Balaban J connectivity index is 1.74. The number of ether oxygens (including phenoxy) is 2. The lowest BCUT2D eigenvalue weighted by Gasteiger charge is -2.08. The van der Waals surface area contributed by atoms with E-state index in [1.54, 1.807) is 19.9 Å². The second-order valence-corrected chi connectivity index (χ2v) is 6.18. The quantitative estimate of drug-likeness (QED) is 0.444. The van der Waals surface area contributed by atoms with Gasteiger partial charge in [-0.2, -0.15) is 0 Å². The number of esters is 1. The molecule has 5 nitrogen and oxygen atoms in total. The number of benzene rings is 2. The van der Waals surface area contributed by atoms with Crippen molar-refractivity contribution in [2.45, 2.75) is 20.5 Å². The SMILES string of the molecule is CCOC(=O)C1C(=O)/C(=C\c2cccc(OCc3ccccc3)c2)N=C1C. The van der Waals surface area contributed by atoms with Gasteiger partial charge in [0, 0.05) is 5.71 Å². The average Bonchev–Trinajstić information content (AvgIpc) is 2.95. The van der Waals surface area contributed by atoms with Crippen LogP contribution in [0.5, 0.6) is 5.75 Å². The second-order valence-electron chi connectivity index (χ2n) is 6.18. The van der Waals surface area contributed by atoms with Crippen LogP contribution in [0.3, 0.4) is 0 Å². The molecule has 2 aromatic carbocycles. The molecule has 0 bridgehead atoms. The summed E-state index contributed by atoms with van der Waals surface area (Å²) < 4.78 is 10.8. The van der Waals surface area contributed by atoms with E-state index < -0.39 is 11.9 Å². The van der Waals surface area contributed by atoms with E-state index in [9.17, 15) is 9.59 Å². The molecule has 0 fully saturated rings. The highest BCUT2D eigenvalue weighted by atomic mass is 16.5. The lowest BCUT2D eigenvalue weighted by molar-refractivity contribution is -0.147. The summed E-state index contributed by atoms with van der Waals surface area (Å²) in [5, 5.41) is 0. The first-order valence-electron chi connectivity index (χ1n) is 8.83. The van der Waals surface area contributed by atoms with E-state index in [4.69, 9.17) is 9.47 Å². The zero-order valence-corrected chi connectivity index (χ0v) is 15.3. The number of rotatable bonds is 6. The van der Waals surface area contributed by atoms with Gasteiger partial charge < -0.3 is 9.47 Å². The first kappa shape index (κ1) is 18.6. The zero-order chi connectivity index (χ0) is 19.2. The molecule has 138 valence electrons. The number of ketones is 1. The Hall–Kier alpha value is -3.21. The summed E-state index contributed by atoms with van der Waals surface area (Å²) in [6, 6.07) is 17.3. The van der Waals surface area contributed by atoms with E-state index in [1.165, 1.54) is 0 Å². The van der Waals surface area contributed by atoms with Crippen molar-refractivity contribution in [1.82, 2.24) is 0 Å². The molecule has 1 aliphatic rings. The number of aliphatic imine (C=N–C) groups is 1. The average molecular weight is 363 g/mol. The van der Waals surface area contributed by atoms with Crippen molar-refractivity contribution >= 4 is 23.5 Å². The topological polar surface area (TPSA) is 65.0 Å². The minimum atomic E-state index is -0.936. The highest BCUT2D eigenvalue weighted by Gasteiger charge is 2.37. The van der Waals surface area contributed by atoms with E-state index >= 15 is 0 Å². The summed E-state index contributed by atoms with van der Waals surface area (Å²) in [6.45, 7) is 4.07. The largest absolute Gasteiger partial charge is 0.489 e. The molecule has 2 aromatic rings. The molecular weight excluding hydrogens is 342 g/mol. The van der Waals surface area contributed by atoms with Gasteiger partial charge in [-0.15, -0.1) is 0 Å². The lowest BCUT2D eigenvalue weighted by Crippen LogP contribution is -2.28. The van der Waals surface area contributed by atoms with Gasteiger partial charge in [0.25, 0.3) is 0 Å². The number of hydrogen-bond donors (Lipinski definition) is 0. The van der Waals surface area contributed by atoms with Crippen LogP contribution < -0.4 is 4.74 Å². The third-order valence-corrected chi connectivity index (χ3v) is 4.16. The summed E-state index contributed by atoms with van der Waals surface area (Å²) in [6.07, 6.45) is 1.67. The number of carbonyl (C=O) groups excluding carboxylic acids is 2. The minimum absolute atomic E-state index is 0.232. The predicted molar refractivity (Wildman–Crippen MR) is 103 cm³/mol. The number of allylic oxidation sites excluding steroid dienone is 1. The molecule has 0 aromatic heterocycles. The van der Waals surface area contributed by atoms with Crippen molar-refractivity contribution in [2.75, 3.05) is 6.61 Å². The third kappa shape index (κ3) is 4.50. The molecule has 0 amide bonds. The van der Waals surface area contributed by atoms with E-state index in [-0.39, 0.29) is 18.1 Å². The summed E-state index contributed by atoms with van der Waals surface area (Å²) in [4.78, 5) is 28.7. The molecule has 0 aliphatic carbocycles. The van der Waals surface area contributed by atoms with Crippen molar-refractivity contribution in [1.29, 1.82) is 0 Å². The summed E-state index contributed by atoms with van der Waals surface area (Å²) in [5.74, 6) is -1.12. The van der Waals surface area contributed by atoms with E-state index in [2.05, 4.69) is 4.99 Å². The van der Waals surface area contributed by atoms with Crippen molar-refractivity contribution in [3.63, 3.8) is 0 Å². The lowest BCUT2D eigenvalue weighted by atomic mass is 10.0. The summed E-state index contributed by atoms with van der Waals surface area (Å²) >= 11 is 0. The fourth-order valence-electron chi connectivity index (χ4n) is 2.85. The van der Waals surface area contributed by atoms with Gasteiger partial charge in [-0.3, -0.25) is 14.6 Å². The Morgan fingerprint density at radius 2 is 1.93 bits per heavy atom. The molecule has 0 saturated heterocycles. The molecule has 1 atom stereocenters. The van der Waals surface area contributed by atoms with Crippen LogP contribution in [0.2, 0.25) is 0 Å². The van der Waals surface area contributed by atoms with E-state index in [1.807, 2.05) is 54.6 Å². The van der Waals surface area contributed by atoms with Gasteiger partial charge in [-0.25, -0.2) is 0 Å². The van der Waals surface area contributed by atoms with Gasteiger partial charge >= 0.3 is 5.97 Å². The maximum absolute atomic E-state index is 12.5. The summed E-state index contributed by atoms with van der Waals surface area (Å²) in [5.41, 5.74) is 2.57. The van der Waals surface area contributed by atoms with Crippen molar-refractivity contribution < 1.29 is 19.1 Å². The third-order valence-electron chi connectivity index (χ3n) is 4.16. The molecule has 0 N–H and O–H groups in total. The Morgan fingerprint density at radius 1 is 1.15 bits per heavy atom. The Bertz CT molecular complexity index is 900. The molecule has 5 heteroatoms. The highest BCUT2D eigenvalue weighted by Crippen LogP contribution is 2.25. The normalized spacial score (nSPS) is 17.7. The van der Waals surface area contributed by atoms with Crippen LogP contribution in [-0.2, 0) is 20.9 Å². The van der Waals surface area contributed by atoms with Crippen LogP contribution in [-0.4, -0.2) is 24.1 Å². The predicted octanol–water partition coefficient (Wildman–Crippen LogP) is 3.83. The van der Waals surface area contributed by atoms with Gasteiger partial charge in [0.05, 0.1) is 6.61 Å². The van der Waals surface area contributed by atoms with Gasteiger partial charge in [0.1, 0.15) is 18.1 Å². The Labute approximate surface area is 158 Å². The summed E-state index contributed by atoms with van der Waals surface area (Å²) in [7, 11) is 0. The fourth-order valence-corrected chi connectivity index (χ4v) is 2.85. The minimum Gasteiger partial charge on any atom is -0.489 e. The van der Waals surface area contributed by atoms with Crippen LogP contribution in [0.25, 0.3) is 6.08 Å². The highest BCUT2D eigenvalue weighted by molar-refractivity contribution is 6.28. The maximum Gasteiger partial charge on any atom is 0.322 e. The molecule has 0 saturated carbocycles. The van der Waals surface area contributed by atoms with Crippen molar-refractivity contribution in [2.24, 2.45) is 10.9 Å². The Kier molecular flexibility index (Phi) is 5.81. The fraction of sp³-hybridized carbons (Fsp3) is 0.227. The molecule has 1 unspecified atom stereocenters. The first-order chi connectivity index (χ1) is 13.1. The molecule has 27 heavy (non-hydrogen) atoms. The molecule has 0 spiro atoms. The number of Topliss-reactive ketones (excluding diaryl/α,β-unsaturated/α-hetero) is 1. The first-order valence-corrected chi connectivity index (χ1v) is 8.83.